The van der Waals surface area contributed by atoms with Gasteiger partial charge in [-0.25, -0.2) is 0 Å². The van der Waals surface area contributed by atoms with Crippen molar-refractivity contribution in [3.63, 3.8) is 0 Å². The molecule has 5 nitrogen and oxygen atoms in total. The molecule has 0 radical (unpaired) electrons. The van der Waals surface area contributed by atoms with Gasteiger partial charge in [0.2, 0.25) is 0 Å². The molecule has 0 bridgehead atoms. The summed E-state index contributed by atoms with van der Waals surface area (Å²) >= 11 is 0. The van der Waals surface area contributed by atoms with E-state index < -0.39 is 27.4 Å². The molecule has 1 aromatic carbocycles. The topological polar surface area (TPSA) is 83.5 Å². The molecule has 0 saturated carbocycles. The molecule has 0 heterocycles. The van der Waals surface area contributed by atoms with Gasteiger partial charge in [0.05, 0.1) is 5.92 Å². The van der Waals surface area contributed by atoms with Crippen molar-refractivity contribution >= 4 is 21.7 Å². The van der Waals surface area contributed by atoms with Gasteiger partial charge in [0.25, 0.3) is 0 Å². The van der Waals surface area contributed by atoms with Gasteiger partial charge in [-0.15, -0.1) is 0 Å². The van der Waals surface area contributed by atoms with Crippen LogP contribution in [0.25, 0.3) is 0 Å². The van der Waals surface area contributed by atoms with E-state index in [9.17, 15) is 26.4 Å². The van der Waals surface area contributed by atoms with Crippen molar-refractivity contribution in [2.24, 2.45) is 0 Å². The van der Waals surface area contributed by atoms with E-state index in [0.29, 0.717) is 5.56 Å². The number of carboxylic acid groups (broad SMARTS) is 1. The van der Waals surface area contributed by atoms with Crippen LogP contribution in [0.4, 0.5) is 18.9 Å². The zero-order chi connectivity index (χ0) is 14.8. The van der Waals surface area contributed by atoms with Crippen LogP contribution in [-0.2, 0) is 14.8 Å². The molecule has 9 heteroatoms. The Morgan fingerprint density at radius 2 is 1.74 bits per heavy atom. The Labute approximate surface area is 107 Å². The molecular formula is C10H10F3NO4S. The highest BCUT2D eigenvalue weighted by Gasteiger charge is 2.46. The van der Waals surface area contributed by atoms with E-state index in [-0.39, 0.29) is 5.69 Å². The summed E-state index contributed by atoms with van der Waals surface area (Å²) in [6.07, 6.45) is 0. The van der Waals surface area contributed by atoms with Crippen molar-refractivity contribution in [3.8, 4) is 0 Å². The molecule has 0 aliphatic carbocycles. The predicted octanol–water partition coefficient (Wildman–Crippen LogP) is 2.14. The van der Waals surface area contributed by atoms with Gasteiger partial charge >= 0.3 is 21.5 Å². The lowest BCUT2D eigenvalue weighted by Gasteiger charge is -2.11. The molecule has 0 amide bonds. The number of rotatable bonds is 4. The monoisotopic (exact) mass is 297 g/mol. The van der Waals surface area contributed by atoms with Crippen molar-refractivity contribution in [3.05, 3.63) is 29.8 Å². The largest absolute Gasteiger partial charge is 0.516 e. The van der Waals surface area contributed by atoms with Gasteiger partial charge in [-0.2, -0.15) is 21.6 Å². The minimum Gasteiger partial charge on any atom is -0.481 e. The highest BCUT2D eigenvalue weighted by Crippen LogP contribution is 2.26. The third-order valence-corrected chi connectivity index (χ3v) is 3.45. The van der Waals surface area contributed by atoms with Crippen LogP contribution in [0.5, 0.6) is 0 Å². The lowest BCUT2D eigenvalue weighted by atomic mass is 10.0. The summed E-state index contributed by atoms with van der Waals surface area (Å²) in [6.45, 7) is 1.40. The Morgan fingerprint density at radius 1 is 1.26 bits per heavy atom. The Bertz CT molecular complexity index is 565. The van der Waals surface area contributed by atoms with Gasteiger partial charge in [-0.3, -0.25) is 9.52 Å². The second kappa shape index (κ2) is 5.08. The molecule has 1 atom stereocenters. The first-order valence-electron chi connectivity index (χ1n) is 4.96. The molecule has 0 saturated heterocycles. The van der Waals surface area contributed by atoms with Crippen LogP contribution in [0.3, 0.4) is 0 Å². The second-order valence-corrected chi connectivity index (χ2v) is 5.41. The number of alkyl halides is 3. The van der Waals surface area contributed by atoms with Crippen molar-refractivity contribution in [1.29, 1.82) is 0 Å². The fourth-order valence-electron chi connectivity index (χ4n) is 1.20. The zero-order valence-corrected chi connectivity index (χ0v) is 10.4. The molecule has 0 aliphatic heterocycles. The van der Waals surface area contributed by atoms with Crippen LogP contribution in [0, 0.1) is 0 Å². The van der Waals surface area contributed by atoms with Crippen molar-refractivity contribution in [1.82, 2.24) is 0 Å². The first kappa shape index (κ1) is 15.3. The minimum absolute atomic E-state index is 0.293. The summed E-state index contributed by atoms with van der Waals surface area (Å²) < 4.78 is 59.3. The van der Waals surface area contributed by atoms with Crippen molar-refractivity contribution in [2.45, 2.75) is 18.3 Å². The Hall–Kier alpha value is -1.77. The van der Waals surface area contributed by atoms with Gasteiger partial charge in [0.1, 0.15) is 0 Å². The fraction of sp³-hybridized carbons (Fsp3) is 0.300. The van der Waals surface area contributed by atoms with Crippen molar-refractivity contribution < 1.29 is 31.5 Å². The molecule has 0 spiro atoms. The molecule has 1 rings (SSSR count). The average molecular weight is 297 g/mol. The van der Waals surface area contributed by atoms with Gasteiger partial charge in [0, 0.05) is 5.69 Å². The highest BCUT2D eigenvalue weighted by molar-refractivity contribution is 7.93. The van der Waals surface area contributed by atoms with Crippen molar-refractivity contribution in [2.75, 3.05) is 4.72 Å². The third kappa shape index (κ3) is 3.60. The average Bonchev–Trinajstić information content (AvgIpc) is 2.27. The minimum atomic E-state index is -5.47. The smallest absolute Gasteiger partial charge is 0.481 e. The van der Waals surface area contributed by atoms with E-state index >= 15 is 0 Å². The number of anilines is 1. The summed E-state index contributed by atoms with van der Waals surface area (Å²) in [5.41, 5.74) is -5.35. The number of hydrogen-bond donors (Lipinski definition) is 2. The van der Waals surface area contributed by atoms with Crippen LogP contribution in [0.2, 0.25) is 0 Å². The first-order chi connectivity index (χ1) is 8.54. The standard InChI is InChI=1S/C10H10F3NO4S/c1-6(9(15)16)7-2-4-8(5-3-7)14-19(17,18)10(11,12)13/h2-6,14H,1H3,(H,15,16)/t6-/m0/s1. The van der Waals surface area contributed by atoms with Crippen LogP contribution in [0.15, 0.2) is 24.3 Å². The number of aliphatic carboxylic acids is 1. The van der Waals surface area contributed by atoms with Crippen LogP contribution >= 0.6 is 0 Å². The van der Waals surface area contributed by atoms with E-state index in [2.05, 4.69) is 0 Å². The second-order valence-electron chi connectivity index (χ2n) is 3.73. The van der Waals surface area contributed by atoms with E-state index in [1.54, 1.807) is 0 Å². The lowest BCUT2D eigenvalue weighted by Crippen LogP contribution is -2.29. The Kier molecular flexibility index (Phi) is 4.09. The molecule has 2 N–H and O–H groups in total. The fourth-order valence-corrected chi connectivity index (χ4v) is 1.76. The lowest BCUT2D eigenvalue weighted by molar-refractivity contribution is -0.138. The number of benzene rings is 1. The van der Waals surface area contributed by atoms with E-state index in [0.717, 1.165) is 12.1 Å². The van der Waals surface area contributed by atoms with Crippen LogP contribution < -0.4 is 4.72 Å². The number of nitrogens with one attached hydrogen (secondary N) is 1. The number of hydrogen-bond acceptors (Lipinski definition) is 3. The van der Waals surface area contributed by atoms with Gasteiger partial charge in [0.15, 0.2) is 0 Å². The zero-order valence-electron chi connectivity index (χ0n) is 9.60. The molecular weight excluding hydrogens is 287 g/mol. The number of carbonyl (C=O) groups is 1. The number of carboxylic acids is 1. The summed E-state index contributed by atoms with van der Waals surface area (Å²) in [7, 11) is -5.47. The normalized spacial score (nSPS) is 13.9. The molecule has 0 aromatic heterocycles. The molecule has 0 fully saturated rings. The first-order valence-corrected chi connectivity index (χ1v) is 6.45. The SMILES string of the molecule is C[C@H](C(=O)O)c1ccc(NS(=O)(=O)C(F)(F)F)cc1. The summed E-state index contributed by atoms with van der Waals surface area (Å²) in [6, 6.07) is 4.62. The van der Waals surface area contributed by atoms with Crippen LogP contribution in [0.1, 0.15) is 18.4 Å². The van der Waals surface area contributed by atoms with E-state index in [1.807, 2.05) is 0 Å². The maximum Gasteiger partial charge on any atom is 0.516 e. The molecule has 106 valence electrons. The Morgan fingerprint density at radius 3 is 2.11 bits per heavy atom. The maximum atomic E-state index is 12.1. The van der Waals surface area contributed by atoms with E-state index in [4.69, 9.17) is 5.11 Å². The molecule has 0 unspecified atom stereocenters. The summed E-state index contributed by atoms with van der Waals surface area (Å²) in [4.78, 5) is 10.7. The quantitative estimate of drug-likeness (QED) is 0.891. The number of sulfonamides is 1. The summed E-state index contributed by atoms with van der Waals surface area (Å²) in [5.74, 6) is -1.93. The van der Waals surface area contributed by atoms with Gasteiger partial charge in [-0.1, -0.05) is 12.1 Å². The molecule has 1 aromatic rings. The number of halogens is 3. The highest BCUT2D eigenvalue weighted by atomic mass is 32.2. The van der Waals surface area contributed by atoms with E-state index in [1.165, 1.54) is 23.8 Å². The summed E-state index contributed by atoms with van der Waals surface area (Å²) in [5, 5.41) is 8.74. The van der Waals surface area contributed by atoms with Gasteiger partial charge in [-0.05, 0) is 24.6 Å². The van der Waals surface area contributed by atoms with Gasteiger partial charge < -0.3 is 5.11 Å². The third-order valence-electron chi connectivity index (χ3n) is 2.34. The Balaban J connectivity index is 2.93. The van der Waals surface area contributed by atoms with Crippen LogP contribution in [-0.4, -0.2) is 25.0 Å². The maximum absolute atomic E-state index is 12.1. The molecule has 19 heavy (non-hydrogen) atoms. The predicted molar refractivity (Wildman–Crippen MR) is 61.1 cm³/mol. The molecule has 0 aliphatic rings.